The molecule has 0 spiro atoms. The molecule has 4 heteroatoms. The van der Waals surface area contributed by atoms with Crippen LogP contribution in [0.5, 0.6) is 11.5 Å². The van der Waals surface area contributed by atoms with Crippen LogP contribution in [0.3, 0.4) is 0 Å². The average molecular weight is 427 g/mol. The molecule has 0 aromatic heterocycles. The number of carbonyl (C=O) groups is 1. The van der Waals surface area contributed by atoms with Crippen LogP contribution in [0.1, 0.15) is 77.8 Å². The van der Waals surface area contributed by atoms with E-state index in [0.717, 1.165) is 61.0 Å². The Labute approximate surface area is 187 Å². The first kappa shape index (κ1) is 24.9. The van der Waals surface area contributed by atoms with E-state index in [1.54, 1.807) is 13.0 Å². The molecule has 2 atom stereocenters. The first-order valence-electron chi connectivity index (χ1n) is 11.2. The molecule has 0 amide bonds. The van der Waals surface area contributed by atoms with Crippen molar-refractivity contribution >= 4 is 5.78 Å². The molecule has 0 aliphatic carbocycles. The van der Waals surface area contributed by atoms with Crippen LogP contribution < -0.4 is 4.74 Å². The molecule has 0 radical (unpaired) electrons. The highest BCUT2D eigenvalue weighted by Gasteiger charge is 2.32. The molecule has 31 heavy (non-hydrogen) atoms. The molecule has 0 bridgehead atoms. The first-order valence-corrected chi connectivity index (χ1v) is 11.2. The lowest BCUT2D eigenvalue weighted by Crippen LogP contribution is -2.36. The summed E-state index contributed by atoms with van der Waals surface area (Å²) in [5.41, 5.74) is 4.78. The predicted octanol–water partition coefficient (Wildman–Crippen LogP) is 6.13. The fraction of sp³-hybridized carbons (Fsp3) is 0.519. The summed E-state index contributed by atoms with van der Waals surface area (Å²) in [6.07, 6.45) is 10.1. The molecule has 170 valence electrons. The minimum Gasteiger partial charge on any atom is -0.508 e. The van der Waals surface area contributed by atoms with Crippen molar-refractivity contribution in [2.24, 2.45) is 0 Å². The summed E-state index contributed by atoms with van der Waals surface area (Å²) in [5.74, 6) is 0.975. The third kappa shape index (κ3) is 7.39. The maximum absolute atomic E-state index is 11.9. The van der Waals surface area contributed by atoms with Crippen molar-refractivity contribution < 1.29 is 19.7 Å². The molecule has 1 aliphatic rings. The van der Waals surface area contributed by atoms with Gasteiger partial charge in [-0.2, -0.15) is 0 Å². The minimum absolute atomic E-state index is 0.197. The van der Waals surface area contributed by atoms with E-state index in [-0.39, 0.29) is 11.4 Å². The number of hydrogen-bond donors (Lipinski definition) is 2. The molecule has 1 aromatic carbocycles. The molecule has 1 aromatic rings. The van der Waals surface area contributed by atoms with Crippen molar-refractivity contribution in [3.63, 3.8) is 0 Å². The van der Waals surface area contributed by atoms with Gasteiger partial charge in [-0.05, 0) is 115 Å². The van der Waals surface area contributed by atoms with Crippen molar-refractivity contribution in [1.29, 1.82) is 0 Å². The highest BCUT2D eigenvalue weighted by atomic mass is 16.5. The SMILES string of the molecule is CC(C)=CC(=O)[C@@H](O)/C(C)=C/CC/C(C)=C/CC[C@@]1(C)CCc2cc(O)cc(C)c2O1. The normalized spacial score (nSPS) is 20.0. The molecule has 4 nitrogen and oxygen atoms in total. The summed E-state index contributed by atoms with van der Waals surface area (Å²) in [6, 6.07) is 3.57. The van der Waals surface area contributed by atoms with Gasteiger partial charge in [-0.1, -0.05) is 23.3 Å². The molecule has 0 saturated carbocycles. The lowest BCUT2D eigenvalue weighted by molar-refractivity contribution is -0.120. The third-order valence-corrected chi connectivity index (χ3v) is 5.91. The summed E-state index contributed by atoms with van der Waals surface area (Å²) >= 11 is 0. The Morgan fingerprint density at radius 3 is 2.58 bits per heavy atom. The van der Waals surface area contributed by atoms with E-state index in [1.807, 2.05) is 32.9 Å². The van der Waals surface area contributed by atoms with Crippen LogP contribution in [-0.2, 0) is 11.2 Å². The van der Waals surface area contributed by atoms with Crippen molar-refractivity contribution in [3.05, 3.63) is 58.2 Å². The van der Waals surface area contributed by atoms with Crippen LogP contribution in [0.15, 0.2) is 47.1 Å². The van der Waals surface area contributed by atoms with Crippen molar-refractivity contribution in [2.45, 2.75) is 91.8 Å². The van der Waals surface area contributed by atoms with Gasteiger partial charge >= 0.3 is 0 Å². The Morgan fingerprint density at radius 1 is 1.19 bits per heavy atom. The number of carbonyl (C=O) groups excluding carboxylic acids is 1. The Bertz CT molecular complexity index is 887. The number of aliphatic hydroxyl groups excluding tert-OH is 1. The third-order valence-electron chi connectivity index (χ3n) is 5.91. The summed E-state index contributed by atoms with van der Waals surface area (Å²) in [4.78, 5) is 11.9. The van der Waals surface area contributed by atoms with E-state index < -0.39 is 6.10 Å². The lowest BCUT2D eigenvalue weighted by Gasteiger charge is -2.36. The molecule has 2 N–H and O–H groups in total. The number of phenols is 1. The van der Waals surface area contributed by atoms with Crippen LogP contribution in [0.2, 0.25) is 0 Å². The summed E-state index contributed by atoms with van der Waals surface area (Å²) in [7, 11) is 0. The van der Waals surface area contributed by atoms with Crippen molar-refractivity contribution in [2.75, 3.05) is 0 Å². The van der Waals surface area contributed by atoms with Gasteiger partial charge in [0, 0.05) is 0 Å². The summed E-state index contributed by atoms with van der Waals surface area (Å²) in [6.45, 7) is 11.8. The van der Waals surface area contributed by atoms with Gasteiger partial charge in [-0.3, -0.25) is 4.79 Å². The van der Waals surface area contributed by atoms with Gasteiger partial charge < -0.3 is 14.9 Å². The van der Waals surface area contributed by atoms with Crippen LogP contribution in [-0.4, -0.2) is 27.7 Å². The lowest BCUT2D eigenvalue weighted by atomic mass is 9.87. The quantitative estimate of drug-likeness (QED) is 0.368. The monoisotopic (exact) mass is 426 g/mol. The zero-order valence-corrected chi connectivity index (χ0v) is 19.9. The molecule has 2 rings (SSSR count). The Morgan fingerprint density at radius 2 is 1.90 bits per heavy atom. The zero-order chi connectivity index (χ0) is 23.2. The second-order valence-corrected chi connectivity index (χ2v) is 9.41. The van der Waals surface area contributed by atoms with Gasteiger partial charge in [0.2, 0.25) is 0 Å². The van der Waals surface area contributed by atoms with E-state index in [1.165, 1.54) is 11.6 Å². The second kappa shape index (κ2) is 10.8. The van der Waals surface area contributed by atoms with Crippen molar-refractivity contribution in [1.82, 2.24) is 0 Å². The van der Waals surface area contributed by atoms with E-state index in [9.17, 15) is 15.0 Å². The number of fused-ring (bicyclic) bond motifs is 1. The fourth-order valence-electron chi connectivity index (χ4n) is 3.98. The van der Waals surface area contributed by atoms with Gasteiger partial charge in [0.05, 0.1) is 0 Å². The largest absolute Gasteiger partial charge is 0.508 e. The van der Waals surface area contributed by atoms with E-state index in [0.29, 0.717) is 11.3 Å². The average Bonchev–Trinajstić information content (AvgIpc) is 2.67. The summed E-state index contributed by atoms with van der Waals surface area (Å²) in [5, 5.41) is 19.9. The van der Waals surface area contributed by atoms with E-state index in [4.69, 9.17) is 4.74 Å². The molecule has 0 saturated heterocycles. The van der Waals surface area contributed by atoms with Crippen LogP contribution >= 0.6 is 0 Å². The Hall–Kier alpha value is -2.33. The smallest absolute Gasteiger partial charge is 0.188 e. The van der Waals surface area contributed by atoms with Gasteiger partial charge in [-0.25, -0.2) is 0 Å². The number of ketones is 1. The maximum Gasteiger partial charge on any atom is 0.188 e. The number of benzene rings is 1. The van der Waals surface area contributed by atoms with Gasteiger partial charge in [0.25, 0.3) is 0 Å². The number of phenolic OH excluding ortho intramolecular Hbond substituents is 1. The summed E-state index contributed by atoms with van der Waals surface area (Å²) < 4.78 is 6.36. The van der Waals surface area contributed by atoms with Crippen LogP contribution in [0, 0.1) is 6.92 Å². The predicted molar refractivity (Wildman–Crippen MR) is 127 cm³/mol. The van der Waals surface area contributed by atoms with Gasteiger partial charge in [-0.15, -0.1) is 0 Å². The minimum atomic E-state index is -1.05. The van der Waals surface area contributed by atoms with Crippen LogP contribution in [0.4, 0.5) is 0 Å². The molecule has 1 heterocycles. The van der Waals surface area contributed by atoms with Gasteiger partial charge in [0.15, 0.2) is 5.78 Å². The standard InChI is InChI=1S/C27H38O4/c1-18(2)15-24(29)25(30)20(4)11-7-9-19(3)10-8-13-27(6)14-12-22-17-23(28)16-21(5)26(22)31-27/h10-11,15-17,25,28,30H,7-9,12-14H2,1-6H3/b19-10+,20-11+/t25-,27-/m0/s1. The molecule has 1 aliphatic heterocycles. The number of allylic oxidation sites excluding steroid dienone is 4. The van der Waals surface area contributed by atoms with Gasteiger partial charge in [0.1, 0.15) is 23.2 Å². The number of aryl methyl sites for hydroxylation is 2. The molecular formula is C27H38O4. The van der Waals surface area contributed by atoms with Crippen LogP contribution in [0.25, 0.3) is 0 Å². The molecule has 0 unspecified atom stereocenters. The number of hydrogen-bond acceptors (Lipinski definition) is 4. The van der Waals surface area contributed by atoms with E-state index in [2.05, 4.69) is 19.9 Å². The van der Waals surface area contributed by atoms with E-state index >= 15 is 0 Å². The highest BCUT2D eigenvalue weighted by Crippen LogP contribution is 2.39. The number of rotatable bonds is 9. The number of ether oxygens (including phenoxy) is 1. The molecule has 0 fully saturated rings. The Balaban J connectivity index is 1.85. The number of aromatic hydroxyl groups is 1. The molecular weight excluding hydrogens is 388 g/mol. The number of aliphatic hydroxyl groups is 1. The second-order valence-electron chi connectivity index (χ2n) is 9.41. The Kier molecular flexibility index (Phi) is 8.69. The highest BCUT2D eigenvalue weighted by molar-refractivity contribution is 5.95. The van der Waals surface area contributed by atoms with Crippen molar-refractivity contribution in [3.8, 4) is 11.5 Å². The zero-order valence-electron chi connectivity index (χ0n) is 19.9. The first-order chi connectivity index (χ1) is 14.5. The fourth-order valence-corrected chi connectivity index (χ4v) is 3.98. The maximum atomic E-state index is 11.9. The topological polar surface area (TPSA) is 66.8 Å².